The topological polar surface area (TPSA) is 79.7 Å². The number of anilines is 1. The number of thiophene rings is 1. The molecule has 172 valence electrons. The number of aliphatic hydroxyl groups excluding tert-OH is 1. The highest BCUT2D eigenvalue weighted by molar-refractivity contribution is 7.22. The number of nitrogens with zero attached hydrogens (tertiary/aromatic N) is 2. The van der Waals surface area contributed by atoms with Crippen molar-refractivity contribution >= 4 is 55.5 Å². The van der Waals surface area contributed by atoms with Gasteiger partial charge in [0.2, 0.25) is 0 Å². The van der Waals surface area contributed by atoms with Gasteiger partial charge in [-0.15, -0.1) is 11.3 Å². The van der Waals surface area contributed by atoms with Crippen LogP contribution in [0.5, 0.6) is 5.75 Å². The molecule has 0 radical (unpaired) electrons. The zero-order valence-corrected chi connectivity index (χ0v) is 20.5. The second-order valence-corrected chi connectivity index (χ2v) is 10.1. The minimum absolute atomic E-state index is 0.0590. The first-order chi connectivity index (χ1) is 16.4. The summed E-state index contributed by atoms with van der Waals surface area (Å²) in [5.41, 5.74) is 3.43. The second-order valence-electron chi connectivity index (χ2n) is 8.07. The van der Waals surface area contributed by atoms with E-state index in [0.717, 1.165) is 26.2 Å². The van der Waals surface area contributed by atoms with Crippen molar-refractivity contribution in [3.8, 4) is 5.75 Å². The van der Waals surface area contributed by atoms with Crippen LogP contribution in [0, 0.1) is 13.8 Å². The number of carbonyl (C=O) groups is 2. The maximum absolute atomic E-state index is 13.3. The van der Waals surface area contributed by atoms with E-state index in [1.54, 1.807) is 24.3 Å². The van der Waals surface area contributed by atoms with Crippen LogP contribution in [0.3, 0.4) is 0 Å². The Morgan fingerprint density at radius 3 is 2.59 bits per heavy atom. The van der Waals surface area contributed by atoms with Crippen molar-refractivity contribution < 1.29 is 19.4 Å². The normalized spacial score (nSPS) is 17.6. The highest BCUT2D eigenvalue weighted by atomic mass is 32.1. The number of thiazole rings is 1. The monoisotopic (exact) mass is 490 g/mol. The van der Waals surface area contributed by atoms with Crippen LogP contribution in [0.1, 0.15) is 34.5 Å². The molecule has 0 aliphatic carbocycles. The number of aliphatic hydroxyl groups is 1. The average Bonchev–Trinajstić information content (AvgIpc) is 3.53. The number of amides is 1. The molecule has 0 saturated carbocycles. The third kappa shape index (κ3) is 3.69. The van der Waals surface area contributed by atoms with Gasteiger partial charge in [-0.05, 0) is 73.7 Å². The molecule has 1 saturated heterocycles. The number of hydrogen-bond acceptors (Lipinski definition) is 7. The Hall–Kier alpha value is -3.49. The average molecular weight is 491 g/mol. The Kier molecular flexibility index (Phi) is 5.71. The maximum Gasteiger partial charge on any atom is 0.301 e. The lowest BCUT2D eigenvalue weighted by atomic mass is 10.00. The van der Waals surface area contributed by atoms with Crippen LogP contribution in [0.15, 0.2) is 59.5 Å². The molecule has 34 heavy (non-hydrogen) atoms. The molecular formula is C26H22N2O4S2. The smallest absolute Gasteiger partial charge is 0.301 e. The van der Waals surface area contributed by atoms with Gasteiger partial charge in [-0.1, -0.05) is 23.5 Å². The predicted molar refractivity (Wildman–Crippen MR) is 136 cm³/mol. The molecule has 6 nitrogen and oxygen atoms in total. The lowest BCUT2D eigenvalue weighted by Gasteiger charge is -2.21. The molecule has 1 N–H and O–H groups in total. The van der Waals surface area contributed by atoms with Crippen LogP contribution in [-0.2, 0) is 9.59 Å². The Morgan fingerprint density at radius 1 is 1.15 bits per heavy atom. The summed E-state index contributed by atoms with van der Waals surface area (Å²) in [6.07, 6.45) is 0. The van der Waals surface area contributed by atoms with E-state index in [0.29, 0.717) is 23.1 Å². The highest BCUT2D eigenvalue weighted by Crippen LogP contribution is 2.45. The molecule has 0 bridgehead atoms. The third-order valence-electron chi connectivity index (χ3n) is 5.72. The van der Waals surface area contributed by atoms with E-state index in [-0.39, 0.29) is 11.3 Å². The summed E-state index contributed by atoms with van der Waals surface area (Å²) in [4.78, 5) is 33.5. The van der Waals surface area contributed by atoms with Gasteiger partial charge in [-0.3, -0.25) is 14.5 Å². The van der Waals surface area contributed by atoms with E-state index < -0.39 is 17.7 Å². The zero-order valence-electron chi connectivity index (χ0n) is 18.9. The summed E-state index contributed by atoms with van der Waals surface area (Å²) in [7, 11) is 0. The Labute approximate surface area is 204 Å². The summed E-state index contributed by atoms with van der Waals surface area (Å²) in [5, 5.41) is 13.5. The van der Waals surface area contributed by atoms with Crippen LogP contribution in [-0.4, -0.2) is 28.4 Å². The van der Waals surface area contributed by atoms with Crippen molar-refractivity contribution in [2.24, 2.45) is 0 Å². The molecule has 4 aromatic rings. The number of benzene rings is 2. The lowest BCUT2D eigenvalue weighted by molar-refractivity contribution is -0.132. The quantitative estimate of drug-likeness (QED) is 0.211. The predicted octanol–water partition coefficient (Wildman–Crippen LogP) is 6.00. The molecule has 5 rings (SSSR count). The molecule has 2 aromatic carbocycles. The van der Waals surface area contributed by atoms with Crippen molar-refractivity contribution in [3.63, 3.8) is 0 Å². The number of fused-ring (bicyclic) bond motifs is 1. The molecule has 1 aliphatic rings. The van der Waals surface area contributed by atoms with Gasteiger partial charge in [0.15, 0.2) is 5.13 Å². The van der Waals surface area contributed by atoms with Crippen LogP contribution < -0.4 is 9.64 Å². The van der Waals surface area contributed by atoms with Crippen molar-refractivity contribution in [2.75, 3.05) is 11.5 Å². The molecule has 0 spiro atoms. The molecule has 1 amide bonds. The number of carbonyl (C=O) groups excluding carboxylic acids is 2. The first-order valence-corrected chi connectivity index (χ1v) is 12.5. The molecule has 8 heteroatoms. The molecule has 3 heterocycles. The first kappa shape index (κ1) is 22.3. The third-order valence-corrected chi connectivity index (χ3v) is 7.65. The van der Waals surface area contributed by atoms with Gasteiger partial charge >= 0.3 is 5.91 Å². The standard InChI is InChI=1S/C26H22N2O4S2/c1-4-32-17-9-7-16(8-10-17)23(29)20-22(18-6-5-11-33-18)28(25(31)24(20)30)26-27-21-15(3)12-14(2)13-19(21)34-26/h5-13,22,29H,4H2,1-3H3. The Balaban J connectivity index is 1.67. The van der Waals surface area contributed by atoms with Gasteiger partial charge in [-0.25, -0.2) is 4.98 Å². The minimum Gasteiger partial charge on any atom is -0.507 e. The highest BCUT2D eigenvalue weighted by Gasteiger charge is 2.48. The van der Waals surface area contributed by atoms with Crippen molar-refractivity contribution in [3.05, 3.63) is 81.1 Å². The number of rotatable bonds is 5. The number of aromatic nitrogens is 1. The number of Topliss-reactive ketones (excluding diaryl/α,β-unsaturated/α-hetero) is 1. The summed E-state index contributed by atoms with van der Waals surface area (Å²) in [6.45, 7) is 6.41. The second kappa shape index (κ2) is 8.70. The number of ether oxygens (including phenoxy) is 1. The van der Waals surface area contributed by atoms with Crippen LogP contribution in [0.25, 0.3) is 16.0 Å². The number of hydrogen-bond donors (Lipinski definition) is 1. The van der Waals surface area contributed by atoms with Gasteiger partial charge in [0.05, 0.1) is 22.4 Å². The van der Waals surface area contributed by atoms with Crippen molar-refractivity contribution in [2.45, 2.75) is 26.8 Å². The van der Waals surface area contributed by atoms with Gasteiger partial charge < -0.3 is 9.84 Å². The molecule has 2 aromatic heterocycles. The van der Waals surface area contributed by atoms with Gasteiger partial charge in [-0.2, -0.15) is 0 Å². The van der Waals surface area contributed by atoms with Gasteiger partial charge in [0, 0.05) is 10.4 Å². The first-order valence-electron chi connectivity index (χ1n) is 10.8. The fourth-order valence-corrected chi connectivity index (χ4v) is 6.23. The van der Waals surface area contributed by atoms with Crippen LogP contribution in [0.2, 0.25) is 0 Å². The summed E-state index contributed by atoms with van der Waals surface area (Å²) in [6, 6.07) is 13.9. The maximum atomic E-state index is 13.3. The summed E-state index contributed by atoms with van der Waals surface area (Å²) >= 11 is 2.80. The number of ketones is 1. The molecule has 1 aliphatic heterocycles. The van der Waals surface area contributed by atoms with Crippen molar-refractivity contribution in [1.82, 2.24) is 4.98 Å². The van der Waals surface area contributed by atoms with E-state index in [1.165, 1.54) is 27.6 Å². The van der Waals surface area contributed by atoms with Crippen molar-refractivity contribution in [1.29, 1.82) is 0 Å². The van der Waals surface area contributed by atoms with E-state index in [2.05, 4.69) is 0 Å². The van der Waals surface area contributed by atoms with Crippen LogP contribution >= 0.6 is 22.7 Å². The largest absolute Gasteiger partial charge is 0.507 e. The summed E-state index contributed by atoms with van der Waals surface area (Å²) < 4.78 is 6.42. The van der Waals surface area contributed by atoms with E-state index in [1.807, 2.05) is 50.4 Å². The fraction of sp³-hybridized carbons (Fsp3) is 0.192. The molecule has 1 unspecified atom stereocenters. The van der Waals surface area contributed by atoms with E-state index >= 15 is 0 Å². The van der Waals surface area contributed by atoms with E-state index in [4.69, 9.17) is 9.72 Å². The van der Waals surface area contributed by atoms with Gasteiger partial charge in [0.1, 0.15) is 17.6 Å². The molecule has 1 atom stereocenters. The molecule has 1 fully saturated rings. The van der Waals surface area contributed by atoms with E-state index in [9.17, 15) is 14.7 Å². The minimum atomic E-state index is -0.756. The number of aryl methyl sites for hydroxylation is 2. The molecular weight excluding hydrogens is 468 g/mol. The van der Waals surface area contributed by atoms with Crippen LogP contribution in [0.4, 0.5) is 5.13 Å². The lowest BCUT2D eigenvalue weighted by Crippen LogP contribution is -2.28. The SMILES string of the molecule is CCOc1ccc(C(O)=C2C(=O)C(=O)N(c3nc4c(C)cc(C)cc4s3)C2c2cccs2)cc1. The Bertz CT molecular complexity index is 1440. The Morgan fingerprint density at radius 2 is 1.91 bits per heavy atom. The zero-order chi connectivity index (χ0) is 24.0. The summed E-state index contributed by atoms with van der Waals surface area (Å²) in [5.74, 6) is -0.971. The fourth-order valence-electron chi connectivity index (χ4n) is 4.24. The van der Waals surface area contributed by atoms with Gasteiger partial charge in [0.25, 0.3) is 5.78 Å².